The van der Waals surface area contributed by atoms with E-state index in [1.807, 2.05) is 6.07 Å². The molecule has 1 N–H and O–H groups in total. The Kier molecular flexibility index (Phi) is 1.83. The molecule has 0 amide bonds. The average molecular weight is 204 g/mol. The highest BCUT2D eigenvalue weighted by molar-refractivity contribution is 5.81. The molecule has 78 valence electrons. The quantitative estimate of drug-likeness (QED) is 0.753. The van der Waals surface area contributed by atoms with Gasteiger partial charge in [-0.15, -0.1) is 0 Å². The van der Waals surface area contributed by atoms with Crippen molar-refractivity contribution in [1.29, 1.82) is 0 Å². The first-order valence-corrected chi connectivity index (χ1v) is 5.23. The molecular weight excluding hydrogens is 191 g/mol. The van der Waals surface area contributed by atoms with Gasteiger partial charge in [-0.3, -0.25) is 0 Å². The summed E-state index contributed by atoms with van der Waals surface area (Å²) in [5.41, 5.74) is 2.35. The van der Waals surface area contributed by atoms with Crippen LogP contribution in [0.2, 0.25) is 0 Å². The fourth-order valence-electron chi connectivity index (χ4n) is 2.29. The van der Waals surface area contributed by atoms with Crippen LogP contribution < -0.4 is 5.32 Å². The summed E-state index contributed by atoms with van der Waals surface area (Å²) < 4.78 is 15.3. The Morgan fingerprint density at radius 2 is 2.13 bits per heavy atom. The molecule has 3 rings (SSSR count). The SMILES string of the molecule is Cc1cc2cc(F)ccc2n1C1CNC1. The van der Waals surface area contributed by atoms with Crippen molar-refractivity contribution in [2.45, 2.75) is 13.0 Å². The van der Waals surface area contributed by atoms with Crippen LogP contribution in [-0.2, 0) is 0 Å². The maximum atomic E-state index is 13.1. The van der Waals surface area contributed by atoms with Crippen LogP contribution in [0.1, 0.15) is 11.7 Å². The number of aryl methyl sites for hydroxylation is 1. The highest BCUT2D eigenvalue weighted by Gasteiger charge is 2.21. The van der Waals surface area contributed by atoms with Gasteiger partial charge < -0.3 is 9.88 Å². The second kappa shape index (κ2) is 3.07. The van der Waals surface area contributed by atoms with E-state index < -0.39 is 0 Å². The number of fused-ring (bicyclic) bond motifs is 1. The molecule has 3 heteroatoms. The standard InChI is InChI=1S/C12H13FN2/c1-8-4-9-5-10(13)2-3-12(9)15(8)11-6-14-7-11/h2-5,11,14H,6-7H2,1H3. The molecule has 1 aromatic carbocycles. The summed E-state index contributed by atoms with van der Waals surface area (Å²) in [6, 6.07) is 7.59. The van der Waals surface area contributed by atoms with E-state index in [2.05, 4.69) is 22.9 Å². The molecule has 0 radical (unpaired) electrons. The van der Waals surface area contributed by atoms with Crippen LogP contribution in [0.25, 0.3) is 10.9 Å². The summed E-state index contributed by atoms with van der Waals surface area (Å²) in [6.45, 7) is 4.11. The Morgan fingerprint density at radius 3 is 2.80 bits per heavy atom. The van der Waals surface area contributed by atoms with Gasteiger partial charge in [0.25, 0.3) is 0 Å². The first-order chi connectivity index (χ1) is 7.25. The molecule has 0 bridgehead atoms. The van der Waals surface area contributed by atoms with Gasteiger partial charge in [0.15, 0.2) is 0 Å². The summed E-state index contributed by atoms with van der Waals surface area (Å²) >= 11 is 0. The molecule has 0 unspecified atom stereocenters. The molecule has 0 saturated carbocycles. The third-order valence-corrected chi connectivity index (χ3v) is 3.12. The maximum Gasteiger partial charge on any atom is 0.123 e. The molecule has 1 fully saturated rings. The van der Waals surface area contributed by atoms with Gasteiger partial charge in [-0.25, -0.2) is 4.39 Å². The van der Waals surface area contributed by atoms with Crippen LogP contribution in [0.4, 0.5) is 4.39 Å². The lowest BCUT2D eigenvalue weighted by atomic mass is 10.1. The Hall–Kier alpha value is -1.35. The number of halogens is 1. The highest BCUT2D eigenvalue weighted by atomic mass is 19.1. The molecule has 1 aromatic heterocycles. The third kappa shape index (κ3) is 1.27. The molecule has 2 aromatic rings. The average Bonchev–Trinajstić information content (AvgIpc) is 2.40. The van der Waals surface area contributed by atoms with Gasteiger partial charge in [0.05, 0.1) is 6.04 Å². The van der Waals surface area contributed by atoms with Gasteiger partial charge in [-0.05, 0) is 31.2 Å². The third-order valence-electron chi connectivity index (χ3n) is 3.12. The number of nitrogens with one attached hydrogen (secondary N) is 1. The van der Waals surface area contributed by atoms with Gasteiger partial charge in [-0.2, -0.15) is 0 Å². The minimum atomic E-state index is -0.161. The molecule has 0 aliphatic carbocycles. The van der Waals surface area contributed by atoms with E-state index in [1.54, 1.807) is 6.07 Å². The second-order valence-electron chi connectivity index (χ2n) is 4.17. The lowest BCUT2D eigenvalue weighted by Crippen LogP contribution is -2.43. The first kappa shape index (κ1) is 8.92. The molecule has 0 spiro atoms. The van der Waals surface area contributed by atoms with Crippen molar-refractivity contribution in [3.8, 4) is 0 Å². The zero-order valence-electron chi connectivity index (χ0n) is 8.63. The van der Waals surface area contributed by atoms with Crippen LogP contribution >= 0.6 is 0 Å². The summed E-state index contributed by atoms with van der Waals surface area (Å²) in [7, 11) is 0. The molecule has 1 saturated heterocycles. The van der Waals surface area contributed by atoms with Crippen LogP contribution in [0.5, 0.6) is 0 Å². The van der Waals surface area contributed by atoms with Gasteiger partial charge in [0.2, 0.25) is 0 Å². The van der Waals surface area contributed by atoms with E-state index in [9.17, 15) is 4.39 Å². The van der Waals surface area contributed by atoms with E-state index in [0.717, 1.165) is 24.0 Å². The number of aromatic nitrogens is 1. The summed E-state index contributed by atoms with van der Waals surface area (Å²) in [4.78, 5) is 0. The Balaban J connectivity index is 2.23. The monoisotopic (exact) mass is 204 g/mol. The van der Waals surface area contributed by atoms with E-state index in [4.69, 9.17) is 0 Å². The maximum absolute atomic E-state index is 13.1. The van der Waals surface area contributed by atoms with Crippen LogP contribution in [0.3, 0.4) is 0 Å². The predicted octanol–water partition coefficient (Wildman–Crippen LogP) is 2.23. The molecule has 1 aliphatic heterocycles. The Bertz CT molecular complexity index is 512. The normalized spacial score (nSPS) is 16.9. The molecule has 2 nitrogen and oxygen atoms in total. The van der Waals surface area contributed by atoms with Crippen LogP contribution in [0.15, 0.2) is 24.3 Å². The van der Waals surface area contributed by atoms with Gasteiger partial charge in [0, 0.05) is 29.7 Å². The fraction of sp³-hybridized carbons (Fsp3) is 0.333. The van der Waals surface area contributed by atoms with Gasteiger partial charge in [-0.1, -0.05) is 0 Å². The minimum absolute atomic E-state index is 0.161. The molecule has 0 atom stereocenters. The number of hydrogen-bond donors (Lipinski definition) is 1. The second-order valence-corrected chi connectivity index (χ2v) is 4.17. The van der Waals surface area contributed by atoms with Crippen molar-refractivity contribution in [1.82, 2.24) is 9.88 Å². The summed E-state index contributed by atoms with van der Waals surface area (Å²) in [6.07, 6.45) is 0. The lowest BCUT2D eigenvalue weighted by Gasteiger charge is -2.30. The number of rotatable bonds is 1. The van der Waals surface area contributed by atoms with Crippen LogP contribution in [-0.4, -0.2) is 17.7 Å². The number of benzene rings is 1. The van der Waals surface area contributed by atoms with Crippen molar-refractivity contribution in [2.75, 3.05) is 13.1 Å². The summed E-state index contributed by atoms with van der Waals surface area (Å²) in [5, 5.41) is 4.26. The summed E-state index contributed by atoms with van der Waals surface area (Å²) in [5.74, 6) is -0.161. The Morgan fingerprint density at radius 1 is 1.33 bits per heavy atom. The van der Waals surface area contributed by atoms with Crippen LogP contribution in [0, 0.1) is 12.7 Å². The van der Waals surface area contributed by atoms with Crippen molar-refractivity contribution >= 4 is 10.9 Å². The van der Waals surface area contributed by atoms with E-state index in [-0.39, 0.29) is 5.82 Å². The molecule has 1 aliphatic rings. The smallest absolute Gasteiger partial charge is 0.123 e. The van der Waals surface area contributed by atoms with Crippen molar-refractivity contribution in [3.05, 3.63) is 35.8 Å². The largest absolute Gasteiger partial charge is 0.339 e. The minimum Gasteiger partial charge on any atom is -0.339 e. The van der Waals surface area contributed by atoms with Crippen molar-refractivity contribution in [3.63, 3.8) is 0 Å². The molecule has 2 heterocycles. The lowest BCUT2D eigenvalue weighted by molar-refractivity contribution is 0.347. The molecular formula is C12H13FN2. The predicted molar refractivity (Wildman–Crippen MR) is 58.5 cm³/mol. The van der Waals surface area contributed by atoms with Crippen molar-refractivity contribution < 1.29 is 4.39 Å². The first-order valence-electron chi connectivity index (χ1n) is 5.23. The van der Waals surface area contributed by atoms with Gasteiger partial charge >= 0.3 is 0 Å². The van der Waals surface area contributed by atoms with E-state index in [1.165, 1.54) is 11.8 Å². The zero-order valence-corrected chi connectivity index (χ0v) is 8.63. The van der Waals surface area contributed by atoms with Gasteiger partial charge in [0.1, 0.15) is 5.82 Å². The topological polar surface area (TPSA) is 17.0 Å². The molecule has 15 heavy (non-hydrogen) atoms. The zero-order chi connectivity index (χ0) is 10.4. The highest BCUT2D eigenvalue weighted by Crippen LogP contribution is 2.26. The Labute approximate surface area is 87.7 Å². The fourth-order valence-corrected chi connectivity index (χ4v) is 2.29. The number of nitrogens with zero attached hydrogens (tertiary/aromatic N) is 1. The van der Waals surface area contributed by atoms with E-state index >= 15 is 0 Å². The van der Waals surface area contributed by atoms with Crippen molar-refractivity contribution in [2.24, 2.45) is 0 Å². The van der Waals surface area contributed by atoms with E-state index in [0.29, 0.717) is 6.04 Å². The number of hydrogen-bond acceptors (Lipinski definition) is 1.